The van der Waals surface area contributed by atoms with Crippen molar-refractivity contribution in [2.45, 2.75) is 33.4 Å². The van der Waals surface area contributed by atoms with Gasteiger partial charge in [0.15, 0.2) is 0 Å². The van der Waals surface area contributed by atoms with E-state index >= 15 is 0 Å². The van der Waals surface area contributed by atoms with E-state index in [-0.39, 0.29) is 0 Å². The SMILES string of the molecule is CC(C)CSPC(C)C. The number of hydrogen-bond donors (Lipinski definition) is 0. The molecule has 0 aliphatic heterocycles. The average molecular weight is 164 g/mol. The Morgan fingerprint density at radius 2 is 1.78 bits per heavy atom. The number of hydrogen-bond acceptors (Lipinski definition) is 1. The Labute approximate surface area is 64.7 Å². The maximum atomic E-state index is 2.28. The van der Waals surface area contributed by atoms with Gasteiger partial charge in [0.05, 0.1) is 0 Å². The predicted molar refractivity (Wildman–Crippen MR) is 50.7 cm³/mol. The predicted octanol–water partition coefficient (Wildman–Crippen LogP) is 3.38. The third-order valence-corrected chi connectivity index (χ3v) is 4.62. The van der Waals surface area contributed by atoms with Crippen molar-refractivity contribution in [3.8, 4) is 0 Å². The maximum Gasteiger partial charge on any atom is -0.000515 e. The van der Waals surface area contributed by atoms with Gasteiger partial charge in [0, 0.05) is 0 Å². The second-order valence-corrected chi connectivity index (χ2v) is 6.56. The Bertz CT molecular complexity index is 53.9. The van der Waals surface area contributed by atoms with Crippen LogP contribution >= 0.6 is 19.2 Å². The molecule has 0 heterocycles. The first-order chi connectivity index (χ1) is 4.13. The molecule has 0 saturated heterocycles. The molecule has 0 N–H and O–H groups in total. The summed E-state index contributed by atoms with van der Waals surface area (Å²) >= 11 is 2.10. The second kappa shape index (κ2) is 5.56. The molecule has 0 radical (unpaired) electrons. The highest BCUT2D eigenvalue weighted by Gasteiger charge is 1.95. The molecule has 0 spiro atoms. The van der Waals surface area contributed by atoms with Gasteiger partial charge >= 0.3 is 0 Å². The molecule has 1 atom stereocenters. The molecule has 0 aromatic rings. The number of rotatable bonds is 4. The average Bonchev–Trinajstić information content (AvgIpc) is 1.63. The van der Waals surface area contributed by atoms with Gasteiger partial charge in [0.25, 0.3) is 0 Å². The van der Waals surface area contributed by atoms with Crippen LogP contribution < -0.4 is 0 Å². The van der Waals surface area contributed by atoms with Crippen molar-refractivity contribution in [2.24, 2.45) is 5.92 Å². The fraction of sp³-hybridized carbons (Fsp3) is 1.00. The summed E-state index contributed by atoms with van der Waals surface area (Å²) in [6.45, 7) is 9.12. The smallest absolute Gasteiger partial charge is 0.000515 e. The highest BCUT2D eigenvalue weighted by Crippen LogP contribution is 2.34. The van der Waals surface area contributed by atoms with Crippen molar-refractivity contribution in [3.05, 3.63) is 0 Å². The Kier molecular flexibility index (Phi) is 6.04. The molecule has 0 amide bonds. The third-order valence-electron chi connectivity index (χ3n) is 0.736. The van der Waals surface area contributed by atoms with Crippen molar-refractivity contribution in [3.63, 3.8) is 0 Å². The lowest BCUT2D eigenvalue weighted by atomic mass is 10.3. The molecule has 2 heteroatoms. The minimum Gasteiger partial charge on any atom is -0.137 e. The van der Waals surface area contributed by atoms with Gasteiger partial charge in [-0.3, -0.25) is 0 Å². The van der Waals surface area contributed by atoms with Gasteiger partial charge in [0.2, 0.25) is 0 Å². The largest absolute Gasteiger partial charge is 0.137 e. The van der Waals surface area contributed by atoms with Gasteiger partial charge < -0.3 is 0 Å². The summed E-state index contributed by atoms with van der Waals surface area (Å²) in [5, 5.41) is 0. The highest BCUT2D eigenvalue weighted by molar-refractivity contribution is 8.49. The topological polar surface area (TPSA) is 0 Å². The van der Waals surface area contributed by atoms with Crippen LogP contribution in [-0.2, 0) is 0 Å². The van der Waals surface area contributed by atoms with Gasteiger partial charge in [-0.2, -0.15) is 0 Å². The van der Waals surface area contributed by atoms with Crippen LogP contribution in [0.3, 0.4) is 0 Å². The van der Waals surface area contributed by atoms with Crippen LogP contribution in [0.1, 0.15) is 27.7 Å². The highest BCUT2D eigenvalue weighted by atomic mass is 32.7. The van der Waals surface area contributed by atoms with E-state index < -0.39 is 0 Å². The molecule has 0 bridgehead atoms. The van der Waals surface area contributed by atoms with E-state index in [9.17, 15) is 0 Å². The summed E-state index contributed by atoms with van der Waals surface area (Å²) in [7, 11) is 1.10. The summed E-state index contributed by atoms with van der Waals surface area (Å²) in [5.74, 6) is 2.19. The van der Waals surface area contributed by atoms with E-state index in [2.05, 4.69) is 39.1 Å². The van der Waals surface area contributed by atoms with Crippen LogP contribution in [0, 0.1) is 5.92 Å². The van der Waals surface area contributed by atoms with Gasteiger partial charge in [-0.1, -0.05) is 35.5 Å². The molecule has 0 aromatic heterocycles. The fourth-order valence-corrected chi connectivity index (χ4v) is 3.43. The van der Waals surface area contributed by atoms with Gasteiger partial charge in [-0.15, -0.1) is 11.4 Å². The zero-order valence-electron chi connectivity index (χ0n) is 6.77. The third kappa shape index (κ3) is 8.78. The quantitative estimate of drug-likeness (QED) is 0.574. The van der Waals surface area contributed by atoms with Crippen LogP contribution in [0.5, 0.6) is 0 Å². The zero-order chi connectivity index (χ0) is 7.28. The minimum atomic E-state index is 0.862. The first-order valence-corrected chi connectivity index (χ1v) is 6.29. The van der Waals surface area contributed by atoms with Gasteiger partial charge in [-0.25, -0.2) is 0 Å². The molecule has 0 nitrogen and oxygen atoms in total. The van der Waals surface area contributed by atoms with E-state index in [0.29, 0.717) is 0 Å². The van der Waals surface area contributed by atoms with Crippen molar-refractivity contribution >= 4 is 19.2 Å². The van der Waals surface area contributed by atoms with E-state index in [4.69, 9.17) is 0 Å². The Morgan fingerprint density at radius 1 is 1.22 bits per heavy atom. The van der Waals surface area contributed by atoms with Crippen molar-refractivity contribution in [2.75, 3.05) is 5.75 Å². The lowest BCUT2D eigenvalue weighted by Gasteiger charge is -2.05. The molecular formula is C7H17PS. The normalized spacial score (nSPS) is 12.7. The summed E-state index contributed by atoms with van der Waals surface area (Å²) < 4.78 is 0. The molecule has 0 rings (SSSR count). The van der Waals surface area contributed by atoms with Crippen molar-refractivity contribution < 1.29 is 0 Å². The first-order valence-electron chi connectivity index (χ1n) is 3.50. The summed E-state index contributed by atoms with van der Waals surface area (Å²) in [4.78, 5) is 0. The van der Waals surface area contributed by atoms with Crippen LogP contribution in [-0.4, -0.2) is 11.4 Å². The Morgan fingerprint density at radius 3 is 2.11 bits per heavy atom. The second-order valence-electron chi connectivity index (χ2n) is 2.98. The Hall–Kier alpha value is 0.780. The summed E-state index contributed by atoms with van der Waals surface area (Å²) in [6.07, 6.45) is 0. The monoisotopic (exact) mass is 164 g/mol. The van der Waals surface area contributed by atoms with Crippen LogP contribution in [0.25, 0.3) is 0 Å². The molecule has 0 aliphatic carbocycles. The van der Waals surface area contributed by atoms with E-state index in [0.717, 1.165) is 19.4 Å². The molecule has 0 saturated carbocycles. The lowest BCUT2D eigenvalue weighted by molar-refractivity contribution is 0.752. The molecule has 56 valence electrons. The molecular weight excluding hydrogens is 147 g/mol. The first kappa shape index (κ1) is 9.78. The van der Waals surface area contributed by atoms with Crippen LogP contribution in [0.2, 0.25) is 0 Å². The van der Waals surface area contributed by atoms with Crippen molar-refractivity contribution in [1.82, 2.24) is 0 Å². The standard InChI is InChI=1S/C7H17PS/c1-6(2)5-9-8-7(3)4/h6-8H,5H2,1-4H3. The maximum absolute atomic E-state index is 2.28. The van der Waals surface area contributed by atoms with E-state index in [1.165, 1.54) is 5.75 Å². The van der Waals surface area contributed by atoms with Crippen LogP contribution in [0.4, 0.5) is 0 Å². The minimum absolute atomic E-state index is 0.862. The molecule has 1 unspecified atom stereocenters. The fourth-order valence-electron chi connectivity index (χ4n) is 0.381. The Balaban J connectivity index is 2.91. The molecule has 0 fully saturated rings. The summed E-state index contributed by atoms with van der Waals surface area (Å²) in [5.41, 5.74) is 0.883. The van der Waals surface area contributed by atoms with E-state index in [1.807, 2.05) is 0 Å². The zero-order valence-corrected chi connectivity index (χ0v) is 8.59. The van der Waals surface area contributed by atoms with Gasteiger partial charge in [0.1, 0.15) is 0 Å². The molecule has 9 heavy (non-hydrogen) atoms. The van der Waals surface area contributed by atoms with Crippen molar-refractivity contribution in [1.29, 1.82) is 0 Å². The molecule has 0 aliphatic rings. The summed E-state index contributed by atoms with van der Waals surface area (Å²) in [6, 6.07) is 0. The van der Waals surface area contributed by atoms with Crippen LogP contribution in [0.15, 0.2) is 0 Å². The lowest BCUT2D eigenvalue weighted by Crippen LogP contribution is -1.88. The van der Waals surface area contributed by atoms with E-state index in [1.54, 1.807) is 0 Å². The van der Waals surface area contributed by atoms with Gasteiger partial charge in [-0.05, 0) is 17.3 Å². The molecule has 0 aromatic carbocycles.